The molecular formula is C7H10N2. The van der Waals surface area contributed by atoms with E-state index in [9.17, 15) is 0 Å². The second kappa shape index (κ2) is 2.13. The zero-order valence-electron chi connectivity index (χ0n) is 5.81. The first-order chi connectivity index (χ1) is 4.24. The van der Waals surface area contributed by atoms with E-state index in [1.165, 1.54) is 0 Å². The molecule has 0 radical (unpaired) electrons. The van der Waals surface area contributed by atoms with Crippen molar-refractivity contribution in [2.24, 2.45) is 9.98 Å². The van der Waals surface area contributed by atoms with Gasteiger partial charge in [0.1, 0.15) is 5.84 Å². The average molecular weight is 122 g/mol. The molecule has 1 aliphatic heterocycles. The molecule has 0 saturated carbocycles. The van der Waals surface area contributed by atoms with Crippen molar-refractivity contribution in [3.63, 3.8) is 0 Å². The van der Waals surface area contributed by atoms with E-state index in [2.05, 4.69) is 16.6 Å². The summed E-state index contributed by atoms with van der Waals surface area (Å²) in [7, 11) is 0. The SMILES string of the molecule is C=C1N=C(CC)N=C1C. The fraction of sp³-hybridized carbons (Fsp3) is 0.429. The molecule has 1 rings (SSSR count). The van der Waals surface area contributed by atoms with Gasteiger partial charge in [0.25, 0.3) is 0 Å². The number of amidine groups is 1. The van der Waals surface area contributed by atoms with Crippen molar-refractivity contribution in [2.45, 2.75) is 20.3 Å². The van der Waals surface area contributed by atoms with E-state index in [0.717, 1.165) is 23.7 Å². The van der Waals surface area contributed by atoms with E-state index in [-0.39, 0.29) is 0 Å². The van der Waals surface area contributed by atoms with E-state index < -0.39 is 0 Å². The van der Waals surface area contributed by atoms with Gasteiger partial charge >= 0.3 is 0 Å². The number of allylic oxidation sites excluding steroid dienone is 1. The Labute approximate surface area is 55.0 Å². The molecule has 0 bridgehead atoms. The average Bonchev–Trinajstić information content (AvgIpc) is 2.13. The highest BCUT2D eigenvalue weighted by Gasteiger charge is 2.06. The van der Waals surface area contributed by atoms with Crippen molar-refractivity contribution in [1.29, 1.82) is 0 Å². The molecule has 48 valence electrons. The van der Waals surface area contributed by atoms with Crippen molar-refractivity contribution < 1.29 is 0 Å². The van der Waals surface area contributed by atoms with E-state index in [1.807, 2.05) is 13.8 Å². The minimum atomic E-state index is 0.812. The normalized spacial score (nSPS) is 17.8. The maximum atomic E-state index is 4.16. The summed E-state index contributed by atoms with van der Waals surface area (Å²) in [6.07, 6.45) is 0.899. The number of nitrogens with zero attached hydrogens (tertiary/aromatic N) is 2. The van der Waals surface area contributed by atoms with E-state index in [4.69, 9.17) is 0 Å². The summed E-state index contributed by atoms with van der Waals surface area (Å²) in [6, 6.07) is 0. The molecule has 0 atom stereocenters. The van der Waals surface area contributed by atoms with Gasteiger partial charge in [0.2, 0.25) is 0 Å². The molecule has 0 aromatic heterocycles. The molecule has 1 heterocycles. The van der Waals surface area contributed by atoms with Crippen molar-refractivity contribution in [3.8, 4) is 0 Å². The zero-order chi connectivity index (χ0) is 6.85. The summed E-state index contributed by atoms with van der Waals surface area (Å²) in [5.74, 6) is 0.900. The lowest BCUT2D eigenvalue weighted by atomic mass is 10.4. The van der Waals surface area contributed by atoms with Crippen LogP contribution in [0.4, 0.5) is 0 Å². The van der Waals surface area contributed by atoms with Crippen LogP contribution >= 0.6 is 0 Å². The van der Waals surface area contributed by atoms with Crippen LogP contribution in [0.25, 0.3) is 0 Å². The van der Waals surface area contributed by atoms with Gasteiger partial charge in [-0.25, -0.2) is 9.98 Å². The minimum absolute atomic E-state index is 0.812. The van der Waals surface area contributed by atoms with Crippen LogP contribution in [0.5, 0.6) is 0 Å². The molecule has 0 aliphatic carbocycles. The summed E-state index contributed by atoms with van der Waals surface area (Å²) >= 11 is 0. The van der Waals surface area contributed by atoms with Gasteiger partial charge in [0.15, 0.2) is 0 Å². The molecule has 0 N–H and O–H groups in total. The Morgan fingerprint density at radius 3 is 2.33 bits per heavy atom. The van der Waals surface area contributed by atoms with Gasteiger partial charge in [-0.2, -0.15) is 0 Å². The lowest BCUT2D eigenvalue weighted by molar-refractivity contribution is 1.25. The molecule has 0 aromatic carbocycles. The Morgan fingerprint density at radius 1 is 1.44 bits per heavy atom. The maximum absolute atomic E-state index is 4.16. The summed E-state index contributed by atoms with van der Waals surface area (Å²) < 4.78 is 0. The van der Waals surface area contributed by atoms with Crippen LogP contribution in [-0.4, -0.2) is 11.5 Å². The molecule has 2 heteroatoms. The Bertz CT molecular complexity index is 199. The molecule has 0 unspecified atom stereocenters. The largest absolute Gasteiger partial charge is 0.236 e. The highest BCUT2D eigenvalue weighted by molar-refractivity contribution is 6.11. The third-order valence-corrected chi connectivity index (χ3v) is 1.29. The molecule has 0 fully saturated rings. The van der Waals surface area contributed by atoms with Crippen LogP contribution in [-0.2, 0) is 0 Å². The molecule has 0 aromatic rings. The Morgan fingerprint density at radius 2 is 2.11 bits per heavy atom. The van der Waals surface area contributed by atoms with Crippen LogP contribution in [0.3, 0.4) is 0 Å². The Hall–Kier alpha value is -0.920. The van der Waals surface area contributed by atoms with Crippen molar-refractivity contribution in [3.05, 3.63) is 12.3 Å². The van der Waals surface area contributed by atoms with Crippen LogP contribution in [0.15, 0.2) is 22.3 Å². The Balaban J connectivity index is 2.83. The topological polar surface area (TPSA) is 24.7 Å². The second-order valence-corrected chi connectivity index (χ2v) is 2.03. The third-order valence-electron chi connectivity index (χ3n) is 1.29. The first-order valence-corrected chi connectivity index (χ1v) is 3.06. The first kappa shape index (κ1) is 6.20. The van der Waals surface area contributed by atoms with Crippen molar-refractivity contribution in [1.82, 2.24) is 0 Å². The van der Waals surface area contributed by atoms with Crippen LogP contribution in [0.1, 0.15) is 20.3 Å². The van der Waals surface area contributed by atoms with Crippen molar-refractivity contribution >= 4 is 11.5 Å². The van der Waals surface area contributed by atoms with Crippen LogP contribution in [0.2, 0.25) is 0 Å². The minimum Gasteiger partial charge on any atom is -0.236 e. The first-order valence-electron chi connectivity index (χ1n) is 3.06. The van der Waals surface area contributed by atoms with Gasteiger partial charge in [-0.15, -0.1) is 0 Å². The number of hydrogen-bond donors (Lipinski definition) is 0. The molecule has 9 heavy (non-hydrogen) atoms. The lowest BCUT2D eigenvalue weighted by Gasteiger charge is -1.82. The van der Waals surface area contributed by atoms with Gasteiger partial charge in [-0.05, 0) is 6.92 Å². The van der Waals surface area contributed by atoms with Gasteiger partial charge < -0.3 is 0 Å². The molecule has 2 nitrogen and oxygen atoms in total. The molecular weight excluding hydrogens is 112 g/mol. The van der Waals surface area contributed by atoms with Crippen LogP contribution in [0, 0.1) is 0 Å². The third kappa shape index (κ3) is 1.07. The molecule has 0 saturated heterocycles. The monoisotopic (exact) mass is 122 g/mol. The van der Waals surface area contributed by atoms with Gasteiger partial charge in [0.05, 0.1) is 11.4 Å². The summed E-state index contributed by atoms with van der Waals surface area (Å²) in [6.45, 7) is 7.68. The summed E-state index contributed by atoms with van der Waals surface area (Å²) in [5, 5.41) is 0. The van der Waals surface area contributed by atoms with E-state index >= 15 is 0 Å². The smallest absolute Gasteiger partial charge is 0.129 e. The van der Waals surface area contributed by atoms with Gasteiger partial charge in [0, 0.05) is 6.42 Å². The summed E-state index contributed by atoms with van der Waals surface area (Å²) in [5.41, 5.74) is 1.76. The zero-order valence-corrected chi connectivity index (χ0v) is 5.81. The predicted molar refractivity (Wildman–Crippen MR) is 40.0 cm³/mol. The fourth-order valence-electron chi connectivity index (χ4n) is 0.678. The summed E-state index contributed by atoms with van der Waals surface area (Å²) in [4.78, 5) is 8.26. The number of aliphatic imine (C=N–C) groups is 2. The Kier molecular flexibility index (Phi) is 1.47. The van der Waals surface area contributed by atoms with Gasteiger partial charge in [-0.1, -0.05) is 13.5 Å². The number of hydrogen-bond acceptors (Lipinski definition) is 2. The highest BCUT2D eigenvalue weighted by Crippen LogP contribution is 2.08. The maximum Gasteiger partial charge on any atom is 0.129 e. The number of rotatable bonds is 1. The second-order valence-electron chi connectivity index (χ2n) is 2.03. The molecule has 0 amide bonds. The van der Waals surface area contributed by atoms with E-state index in [0.29, 0.717) is 0 Å². The predicted octanol–water partition coefficient (Wildman–Crippen LogP) is 1.78. The van der Waals surface area contributed by atoms with Crippen molar-refractivity contribution in [2.75, 3.05) is 0 Å². The molecule has 1 aliphatic rings. The lowest BCUT2D eigenvalue weighted by Crippen LogP contribution is -1.86. The quantitative estimate of drug-likeness (QED) is 0.506. The fourth-order valence-corrected chi connectivity index (χ4v) is 0.678. The van der Waals surface area contributed by atoms with Gasteiger partial charge in [-0.3, -0.25) is 0 Å². The highest BCUT2D eigenvalue weighted by atomic mass is 15.0. The van der Waals surface area contributed by atoms with Crippen LogP contribution < -0.4 is 0 Å². The molecule has 0 spiro atoms. The standard InChI is InChI=1S/C7H10N2/c1-4-7-8-5(2)6(3)9-7/h2,4H2,1,3H3. The van der Waals surface area contributed by atoms with E-state index in [1.54, 1.807) is 0 Å².